The Morgan fingerprint density at radius 2 is 2.31 bits per heavy atom. The zero-order chi connectivity index (χ0) is 12.0. The number of nitrogens with zero attached hydrogens (tertiary/aromatic N) is 1. The lowest BCUT2D eigenvalue weighted by Crippen LogP contribution is -2.62. The minimum atomic E-state index is 0.0188. The first-order chi connectivity index (χ1) is 7.70. The summed E-state index contributed by atoms with van der Waals surface area (Å²) in [5.74, 6) is 0. The van der Waals surface area contributed by atoms with Gasteiger partial charge < -0.3 is 15.2 Å². The largest absolute Gasteiger partial charge is 0.383 e. The van der Waals surface area contributed by atoms with E-state index in [9.17, 15) is 0 Å². The number of hydrogen-bond donors (Lipinski definition) is 1. The lowest BCUT2D eigenvalue weighted by atomic mass is 9.89. The van der Waals surface area contributed by atoms with Crippen LogP contribution in [0.1, 0.15) is 26.7 Å². The smallest absolute Gasteiger partial charge is 0.0662 e. The van der Waals surface area contributed by atoms with Gasteiger partial charge in [0, 0.05) is 26.3 Å². The molecule has 0 aromatic rings. The first-order valence-corrected chi connectivity index (χ1v) is 6.23. The molecule has 0 aromatic carbocycles. The highest BCUT2D eigenvalue weighted by atomic mass is 16.5. The monoisotopic (exact) mass is 230 g/mol. The SMILES string of the molecule is CCN(C(C)COC)C1(CN)CCCOC1. The maximum Gasteiger partial charge on any atom is 0.0662 e. The molecule has 0 amide bonds. The molecule has 2 atom stereocenters. The first kappa shape index (κ1) is 13.9. The van der Waals surface area contributed by atoms with E-state index in [1.165, 1.54) is 0 Å². The van der Waals surface area contributed by atoms with Crippen LogP contribution in [0.2, 0.25) is 0 Å². The number of hydrogen-bond acceptors (Lipinski definition) is 4. The Balaban J connectivity index is 2.72. The van der Waals surface area contributed by atoms with Gasteiger partial charge in [-0.15, -0.1) is 0 Å². The van der Waals surface area contributed by atoms with Crippen LogP contribution in [0.3, 0.4) is 0 Å². The molecule has 1 saturated heterocycles. The van der Waals surface area contributed by atoms with Crippen LogP contribution in [0.25, 0.3) is 0 Å². The van der Waals surface area contributed by atoms with E-state index in [-0.39, 0.29) is 5.54 Å². The van der Waals surface area contributed by atoms with Crippen LogP contribution in [0.5, 0.6) is 0 Å². The van der Waals surface area contributed by atoms with Crippen molar-refractivity contribution in [3.05, 3.63) is 0 Å². The third kappa shape index (κ3) is 2.94. The van der Waals surface area contributed by atoms with Crippen molar-refractivity contribution in [2.45, 2.75) is 38.3 Å². The zero-order valence-electron chi connectivity index (χ0n) is 10.9. The predicted octanol–water partition coefficient (Wildman–Crippen LogP) is 0.851. The van der Waals surface area contributed by atoms with Gasteiger partial charge in [-0.05, 0) is 26.3 Å². The van der Waals surface area contributed by atoms with Gasteiger partial charge in [-0.1, -0.05) is 6.92 Å². The van der Waals surface area contributed by atoms with Crippen LogP contribution in [0.4, 0.5) is 0 Å². The van der Waals surface area contributed by atoms with E-state index in [2.05, 4.69) is 18.7 Å². The van der Waals surface area contributed by atoms with Crippen molar-refractivity contribution >= 4 is 0 Å². The van der Waals surface area contributed by atoms with Crippen LogP contribution in [-0.2, 0) is 9.47 Å². The van der Waals surface area contributed by atoms with E-state index in [0.717, 1.165) is 39.2 Å². The molecule has 0 bridgehead atoms. The van der Waals surface area contributed by atoms with E-state index in [1.807, 2.05) is 0 Å². The maximum absolute atomic E-state index is 5.99. The second-order valence-corrected chi connectivity index (χ2v) is 4.67. The van der Waals surface area contributed by atoms with Gasteiger partial charge >= 0.3 is 0 Å². The van der Waals surface area contributed by atoms with Crippen LogP contribution in [0.15, 0.2) is 0 Å². The molecule has 1 rings (SSSR count). The van der Waals surface area contributed by atoms with Gasteiger partial charge in [0.15, 0.2) is 0 Å². The summed E-state index contributed by atoms with van der Waals surface area (Å²) in [5.41, 5.74) is 6.00. The molecular formula is C12H26N2O2. The second-order valence-electron chi connectivity index (χ2n) is 4.67. The summed E-state index contributed by atoms with van der Waals surface area (Å²) < 4.78 is 10.9. The van der Waals surface area contributed by atoms with E-state index >= 15 is 0 Å². The molecule has 1 aliphatic heterocycles. The highest BCUT2D eigenvalue weighted by molar-refractivity contribution is 4.95. The molecule has 4 nitrogen and oxygen atoms in total. The van der Waals surface area contributed by atoms with Gasteiger partial charge in [0.2, 0.25) is 0 Å². The summed E-state index contributed by atoms with van der Waals surface area (Å²) in [6.07, 6.45) is 2.23. The van der Waals surface area contributed by atoms with Crippen LogP contribution in [-0.4, -0.2) is 56.5 Å². The van der Waals surface area contributed by atoms with Crippen molar-refractivity contribution in [1.82, 2.24) is 4.90 Å². The number of methoxy groups -OCH3 is 1. The number of nitrogens with two attached hydrogens (primary N) is 1. The summed E-state index contributed by atoms with van der Waals surface area (Å²) in [4.78, 5) is 2.44. The summed E-state index contributed by atoms with van der Waals surface area (Å²) in [5, 5.41) is 0. The highest BCUT2D eigenvalue weighted by Gasteiger charge is 2.39. The van der Waals surface area contributed by atoms with Crippen molar-refractivity contribution in [3.63, 3.8) is 0 Å². The Labute approximate surface area is 99.1 Å². The zero-order valence-corrected chi connectivity index (χ0v) is 10.9. The predicted molar refractivity (Wildman–Crippen MR) is 65.6 cm³/mol. The third-order valence-corrected chi connectivity index (χ3v) is 3.57. The van der Waals surface area contributed by atoms with E-state index in [1.54, 1.807) is 7.11 Å². The van der Waals surface area contributed by atoms with Gasteiger partial charge in [-0.3, -0.25) is 4.90 Å². The molecule has 2 unspecified atom stereocenters. The Morgan fingerprint density at radius 1 is 1.56 bits per heavy atom. The summed E-state index contributed by atoms with van der Waals surface area (Å²) in [6, 6.07) is 0.389. The Morgan fingerprint density at radius 3 is 2.75 bits per heavy atom. The fourth-order valence-electron chi connectivity index (χ4n) is 2.79. The van der Waals surface area contributed by atoms with Crippen molar-refractivity contribution < 1.29 is 9.47 Å². The molecular weight excluding hydrogens is 204 g/mol. The summed E-state index contributed by atoms with van der Waals surface area (Å²) in [7, 11) is 1.75. The minimum absolute atomic E-state index is 0.0188. The molecule has 4 heteroatoms. The molecule has 0 saturated carbocycles. The van der Waals surface area contributed by atoms with Crippen molar-refractivity contribution in [2.24, 2.45) is 5.73 Å². The molecule has 1 heterocycles. The van der Waals surface area contributed by atoms with E-state index < -0.39 is 0 Å². The van der Waals surface area contributed by atoms with Crippen molar-refractivity contribution in [1.29, 1.82) is 0 Å². The number of ether oxygens (including phenoxy) is 2. The average Bonchev–Trinajstić information content (AvgIpc) is 2.31. The van der Waals surface area contributed by atoms with Gasteiger partial charge in [-0.2, -0.15) is 0 Å². The van der Waals surface area contributed by atoms with Crippen molar-refractivity contribution in [2.75, 3.05) is 40.0 Å². The van der Waals surface area contributed by atoms with E-state index in [0.29, 0.717) is 12.6 Å². The fourth-order valence-corrected chi connectivity index (χ4v) is 2.79. The second kappa shape index (κ2) is 6.55. The van der Waals surface area contributed by atoms with Crippen molar-refractivity contribution in [3.8, 4) is 0 Å². The molecule has 16 heavy (non-hydrogen) atoms. The van der Waals surface area contributed by atoms with Crippen LogP contribution >= 0.6 is 0 Å². The van der Waals surface area contributed by atoms with Gasteiger partial charge in [-0.25, -0.2) is 0 Å². The van der Waals surface area contributed by atoms with Crippen LogP contribution < -0.4 is 5.73 Å². The van der Waals surface area contributed by atoms with Crippen LogP contribution in [0, 0.1) is 0 Å². The molecule has 96 valence electrons. The maximum atomic E-state index is 5.99. The normalized spacial score (nSPS) is 28.3. The highest BCUT2D eigenvalue weighted by Crippen LogP contribution is 2.27. The van der Waals surface area contributed by atoms with Gasteiger partial charge in [0.05, 0.1) is 18.8 Å². The quantitative estimate of drug-likeness (QED) is 0.735. The summed E-state index contributed by atoms with van der Waals surface area (Å²) in [6.45, 7) is 8.40. The Hall–Kier alpha value is -0.160. The summed E-state index contributed by atoms with van der Waals surface area (Å²) >= 11 is 0. The first-order valence-electron chi connectivity index (χ1n) is 6.23. The lowest BCUT2D eigenvalue weighted by Gasteiger charge is -2.47. The van der Waals surface area contributed by atoms with Gasteiger partial charge in [0.1, 0.15) is 0 Å². The molecule has 2 N–H and O–H groups in total. The van der Waals surface area contributed by atoms with Gasteiger partial charge in [0.25, 0.3) is 0 Å². The Bertz CT molecular complexity index is 193. The molecule has 1 fully saturated rings. The number of rotatable bonds is 6. The number of likely N-dealkylation sites (N-methyl/N-ethyl adjacent to an activating group) is 1. The molecule has 0 aliphatic carbocycles. The fraction of sp³-hybridized carbons (Fsp3) is 1.00. The van der Waals surface area contributed by atoms with E-state index in [4.69, 9.17) is 15.2 Å². The topological polar surface area (TPSA) is 47.7 Å². The molecule has 0 radical (unpaired) electrons. The Kier molecular flexibility index (Phi) is 5.69. The lowest BCUT2D eigenvalue weighted by molar-refractivity contribution is -0.0686. The molecule has 0 spiro atoms. The minimum Gasteiger partial charge on any atom is -0.383 e. The third-order valence-electron chi connectivity index (χ3n) is 3.57. The standard InChI is InChI=1S/C12H26N2O2/c1-4-14(11(2)8-15-3)12(9-13)6-5-7-16-10-12/h11H,4-10,13H2,1-3H3. The molecule has 1 aliphatic rings. The average molecular weight is 230 g/mol. The molecule has 0 aromatic heterocycles.